The molecule has 28 nitrogen and oxygen atoms in total. The number of aliphatic carboxylic acids is 3. The van der Waals surface area contributed by atoms with Gasteiger partial charge in [0.1, 0.15) is 12.1 Å². The van der Waals surface area contributed by atoms with Crippen LogP contribution in [0.4, 0.5) is 0 Å². The highest BCUT2D eigenvalue weighted by Gasteiger charge is 2.36. The summed E-state index contributed by atoms with van der Waals surface area (Å²) < 4.78 is 0. The van der Waals surface area contributed by atoms with E-state index in [1.807, 2.05) is 4.90 Å². The lowest BCUT2D eigenvalue weighted by molar-refractivity contribution is -0.141. The third-order valence-electron chi connectivity index (χ3n) is 10.9. The second kappa shape index (κ2) is 32.0. The number of carbonyl (C=O) groups excluding carboxylic acids is 6. The van der Waals surface area contributed by atoms with E-state index in [1.54, 1.807) is 9.80 Å². The Morgan fingerprint density at radius 2 is 1.29 bits per heavy atom. The zero-order valence-corrected chi connectivity index (χ0v) is 38.7. The summed E-state index contributed by atoms with van der Waals surface area (Å²) >= 11 is 0. The van der Waals surface area contributed by atoms with E-state index in [4.69, 9.17) is 21.4 Å². The molecule has 70 heavy (non-hydrogen) atoms. The molecule has 2 aliphatic heterocycles. The fourth-order valence-corrected chi connectivity index (χ4v) is 7.39. The number of carbonyl (C=O) groups is 10. The van der Waals surface area contributed by atoms with Crippen molar-refractivity contribution in [3.05, 3.63) is 35.4 Å². The molecule has 2 fully saturated rings. The first kappa shape index (κ1) is 59.2. The molecule has 0 bridgehead atoms. The molecule has 2 heterocycles. The van der Waals surface area contributed by atoms with E-state index in [9.17, 15) is 68.5 Å². The van der Waals surface area contributed by atoms with Crippen molar-refractivity contribution in [3.8, 4) is 0 Å². The maximum atomic E-state index is 13.3. The second-order valence-electron chi connectivity index (χ2n) is 16.2. The van der Waals surface area contributed by atoms with E-state index in [0.29, 0.717) is 77.2 Å². The lowest BCUT2D eigenvalue weighted by Crippen LogP contribution is -2.52. The molecular formula is C41H65BN12O16. The highest BCUT2D eigenvalue weighted by Crippen LogP contribution is 2.18. The van der Waals surface area contributed by atoms with Gasteiger partial charge in [0.05, 0.1) is 38.5 Å². The third-order valence-corrected chi connectivity index (χ3v) is 10.9. The van der Waals surface area contributed by atoms with E-state index in [0.717, 1.165) is 0 Å². The van der Waals surface area contributed by atoms with Gasteiger partial charge in [-0.25, -0.2) is 0 Å². The minimum atomic E-state index is -1.69. The fraction of sp³-hybridized carbons (Fsp3) is 0.585. The quantitative estimate of drug-likeness (QED) is 0.0135. The fourth-order valence-electron chi connectivity index (χ4n) is 7.39. The van der Waals surface area contributed by atoms with Crippen molar-refractivity contribution in [1.82, 2.24) is 46.2 Å². The Bertz CT molecular complexity index is 1930. The van der Waals surface area contributed by atoms with Gasteiger partial charge in [0.15, 0.2) is 5.96 Å². The summed E-state index contributed by atoms with van der Waals surface area (Å²) in [6.07, 6.45) is 0.865. The van der Waals surface area contributed by atoms with Gasteiger partial charge in [-0.1, -0.05) is 12.1 Å². The lowest BCUT2D eigenvalue weighted by atomic mass is 9.78. The van der Waals surface area contributed by atoms with Crippen LogP contribution in [0, 0.1) is 0 Å². The molecular weight excluding hydrogens is 927 g/mol. The normalized spacial score (nSPS) is 16.2. The largest absolute Gasteiger partial charge is 0.483 e. The van der Waals surface area contributed by atoms with E-state index in [2.05, 4.69) is 31.6 Å². The Labute approximate surface area is 403 Å². The van der Waals surface area contributed by atoms with Gasteiger partial charge in [-0.2, -0.15) is 0 Å². The third kappa shape index (κ3) is 23.9. The number of nitrogens with zero attached hydrogens (tertiary/aromatic N) is 5. The van der Waals surface area contributed by atoms with Crippen LogP contribution in [0.5, 0.6) is 0 Å². The molecule has 0 spiro atoms. The van der Waals surface area contributed by atoms with Crippen LogP contribution in [0.3, 0.4) is 0 Å². The van der Waals surface area contributed by atoms with Crippen LogP contribution in [-0.2, 0) is 49.7 Å². The topological polar surface area (TPSA) is 430 Å². The summed E-state index contributed by atoms with van der Waals surface area (Å²) in [5.41, 5.74) is 11.5. The van der Waals surface area contributed by atoms with Crippen LogP contribution in [0.2, 0.25) is 0 Å². The van der Waals surface area contributed by atoms with Crippen molar-refractivity contribution >= 4 is 72.9 Å². The summed E-state index contributed by atoms with van der Waals surface area (Å²) in [6.45, 7) is 1.57. The molecule has 0 aliphatic carbocycles. The van der Waals surface area contributed by atoms with Gasteiger partial charge < -0.3 is 78.3 Å². The van der Waals surface area contributed by atoms with E-state index in [-0.39, 0.29) is 70.0 Å². The number of guanidine groups is 1. The number of benzene rings is 1. The summed E-state index contributed by atoms with van der Waals surface area (Å²) in [5, 5.41) is 66.3. The molecule has 2 saturated heterocycles. The molecule has 2 aliphatic rings. The maximum Gasteiger partial charge on any atom is 0.475 e. The van der Waals surface area contributed by atoms with Crippen molar-refractivity contribution in [2.75, 3.05) is 85.1 Å². The van der Waals surface area contributed by atoms with Crippen LogP contribution in [-0.4, -0.2) is 226 Å². The second-order valence-corrected chi connectivity index (χ2v) is 16.2. The van der Waals surface area contributed by atoms with Crippen molar-refractivity contribution < 1.29 is 78.4 Å². The number of carboxylic acid groups (broad SMARTS) is 4. The van der Waals surface area contributed by atoms with Crippen molar-refractivity contribution in [1.29, 1.82) is 0 Å². The van der Waals surface area contributed by atoms with Crippen molar-refractivity contribution in [2.24, 2.45) is 16.5 Å². The standard InChI is InChI=1S/C40H63BN12O14.CH2O2/c42-40(43)44-11-1-4-28(48-31(54)6-3-12-50-14-16-51(24-35(59)60)18-19-52(17-15-50)25-36(61)62)38(64)46-22-32(55)49-29(20-34(57)58)39(65)45-21-26-7-9-27(10-8-26)37(63)47-23-33(56)53-13-2-5-30(53)41(66)67;2-1-3/h7-10,28-30,66-67H,1-6,11-25H2,(H,45,65)(H,46,64)(H,47,63)(H,48,54)(H,49,55)(H,57,58)(H,59,60)(H,61,62)(H4,42,43,44);1H,(H,2,3)/t28-,29-,30?;/m0./s1. The van der Waals surface area contributed by atoms with E-state index >= 15 is 0 Å². The summed E-state index contributed by atoms with van der Waals surface area (Å²) in [6, 6.07) is 3.20. The van der Waals surface area contributed by atoms with Crippen molar-refractivity contribution in [3.63, 3.8) is 0 Å². The first-order valence-corrected chi connectivity index (χ1v) is 22.3. The first-order chi connectivity index (χ1) is 33.2. The Morgan fingerprint density at radius 1 is 0.729 bits per heavy atom. The SMILES string of the molecule is NC(N)=NCCC[C@H](NC(=O)CCCN1CCN(CC(=O)O)CCN(CC(=O)O)CC1)C(=O)NCC(=O)N[C@@H](CC(=O)O)C(=O)NCc1ccc(C(=O)NCC(=O)N2CCCC2B(O)O)cc1.O=CO. The Kier molecular flexibility index (Phi) is 27.0. The Morgan fingerprint density at radius 3 is 1.83 bits per heavy atom. The van der Waals surface area contributed by atoms with Gasteiger partial charge in [0, 0.05) is 70.9 Å². The molecule has 0 aromatic heterocycles. The number of rotatable bonds is 26. The number of carboxylic acids is 3. The monoisotopic (exact) mass is 992 g/mol. The summed E-state index contributed by atoms with van der Waals surface area (Å²) in [7, 11) is -1.69. The van der Waals surface area contributed by atoms with Gasteiger partial charge in [-0.3, -0.25) is 62.7 Å². The summed E-state index contributed by atoms with van der Waals surface area (Å²) in [4.78, 5) is 131. The molecule has 0 radical (unpaired) electrons. The van der Waals surface area contributed by atoms with Gasteiger partial charge in [0.25, 0.3) is 12.4 Å². The highest BCUT2D eigenvalue weighted by molar-refractivity contribution is 6.43. The zero-order valence-electron chi connectivity index (χ0n) is 38.7. The Balaban J connectivity index is 0.00000545. The van der Waals surface area contributed by atoms with Gasteiger partial charge >= 0.3 is 25.0 Å². The number of hydrogen-bond donors (Lipinski definition) is 13. The summed E-state index contributed by atoms with van der Waals surface area (Å²) in [5.74, 6) is -8.40. The van der Waals surface area contributed by atoms with Crippen LogP contribution >= 0.6 is 0 Å². The molecule has 3 atom stereocenters. The van der Waals surface area contributed by atoms with Crippen LogP contribution in [0.25, 0.3) is 0 Å². The van der Waals surface area contributed by atoms with Crippen LogP contribution in [0.15, 0.2) is 29.3 Å². The van der Waals surface area contributed by atoms with Crippen LogP contribution < -0.4 is 38.1 Å². The number of aliphatic imine (C=N–C) groups is 1. The van der Waals surface area contributed by atoms with Gasteiger partial charge in [0.2, 0.25) is 29.5 Å². The number of amides is 6. The number of nitrogens with two attached hydrogens (primary N) is 2. The van der Waals surface area contributed by atoms with Gasteiger partial charge in [-0.15, -0.1) is 0 Å². The van der Waals surface area contributed by atoms with E-state index in [1.165, 1.54) is 29.2 Å². The minimum Gasteiger partial charge on any atom is -0.483 e. The average molecular weight is 993 g/mol. The highest BCUT2D eigenvalue weighted by atomic mass is 16.4. The molecule has 388 valence electrons. The molecule has 1 unspecified atom stereocenters. The smallest absolute Gasteiger partial charge is 0.475 e. The molecule has 29 heteroatoms. The minimum absolute atomic E-state index is 0.0149. The molecule has 0 saturated carbocycles. The average Bonchev–Trinajstić information content (AvgIpc) is 3.82. The molecule has 1 aromatic carbocycles. The molecule has 15 N–H and O–H groups in total. The Hall–Kier alpha value is -6.95. The predicted molar refractivity (Wildman–Crippen MR) is 247 cm³/mol. The zero-order chi connectivity index (χ0) is 52.2. The maximum absolute atomic E-state index is 13.3. The number of likely N-dealkylation sites (tertiary alicyclic amines) is 1. The van der Waals surface area contributed by atoms with E-state index < -0.39 is 91.5 Å². The first-order valence-electron chi connectivity index (χ1n) is 22.3. The molecule has 1 aromatic rings. The van der Waals surface area contributed by atoms with Gasteiger partial charge in [-0.05, 0) is 56.3 Å². The lowest BCUT2D eigenvalue weighted by Gasteiger charge is -2.25. The molecule has 3 rings (SSSR count). The number of hydrogen-bond acceptors (Lipinski definition) is 16. The number of nitrogens with one attached hydrogen (secondary N) is 5. The van der Waals surface area contributed by atoms with Crippen LogP contribution in [0.1, 0.15) is 60.9 Å². The molecule has 6 amide bonds. The van der Waals surface area contributed by atoms with Crippen molar-refractivity contribution in [2.45, 2.75) is 69.5 Å². The predicted octanol–water partition coefficient (Wildman–Crippen LogP) is -5.78.